The molecule has 2 atom stereocenters. The number of hydrogen-bond donors (Lipinski definition) is 3. The Morgan fingerprint density at radius 3 is 2.37 bits per heavy atom. The Labute approximate surface area is 115 Å². The second-order valence-electron chi connectivity index (χ2n) is 5.37. The van der Waals surface area contributed by atoms with E-state index in [1.54, 1.807) is 0 Å². The van der Waals surface area contributed by atoms with Gasteiger partial charge in [0.05, 0.1) is 0 Å². The maximum Gasteiger partial charge on any atom is 0.312 e. The van der Waals surface area contributed by atoms with Gasteiger partial charge in [0.25, 0.3) is 0 Å². The van der Waals surface area contributed by atoms with Crippen molar-refractivity contribution >= 4 is 6.03 Å². The number of benzene rings is 1. The van der Waals surface area contributed by atoms with Crippen LogP contribution in [0.3, 0.4) is 0 Å². The van der Waals surface area contributed by atoms with Crippen molar-refractivity contribution in [2.45, 2.75) is 39.3 Å². The van der Waals surface area contributed by atoms with Gasteiger partial charge < -0.3 is 16.4 Å². The fourth-order valence-electron chi connectivity index (χ4n) is 2.19. The minimum Gasteiger partial charge on any atom is -0.352 e. The minimum atomic E-state index is -0.470. The summed E-state index contributed by atoms with van der Waals surface area (Å²) in [5, 5.41) is 6.23. The van der Waals surface area contributed by atoms with Gasteiger partial charge in [0.1, 0.15) is 0 Å². The molecule has 0 aliphatic heterocycles. The van der Waals surface area contributed by atoms with Gasteiger partial charge in [-0.2, -0.15) is 0 Å². The van der Waals surface area contributed by atoms with Crippen LogP contribution in [0.15, 0.2) is 30.3 Å². The summed E-state index contributed by atoms with van der Waals surface area (Å²) in [6.45, 7) is 7.04. The number of rotatable bonds is 7. The van der Waals surface area contributed by atoms with Gasteiger partial charge in [-0.05, 0) is 24.8 Å². The summed E-state index contributed by atoms with van der Waals surface area (Å²) >= 11 is 0. The molecular weight excluding hydrogens is 238 g/mol. The van der Waals surface area contributed by atoms with Crippen LogP contribution in [0.5, 0.6) is 0 Å². The van der Waals surface area contributed by atoms with E-state index >= 15 is 0 Å². The van der Waals surface area contributed by atoms with Crippen LogP contribution in [-0.2, 0) is 0 Å². The molecule has 106 valence electrons. The van der Waals surface area contributed by atoms with Gasteiger partial charge in [-0.15, -0.1) is 0 Å². The van der Waals surface area contributed by atoms with Crippen LogP contribution in [0.1, 0.15) is 38.8 Å². The van der Waals surface area contributed by atoms with Gasteiger partial charge in [0.2, 0.25) is 0 Å². The van der Waals surface area contributed by atoms with Crippen LogP contribution in [-0.4, -0.2) is 18.6 Å². The number of hydrogen-bond acceptors (Lipinski definition) is 2. The Morgan fingerprint density at radius 2 is 1.84 bits per heavy atom. The number of urea groups is 1. The standard InChI is InChI=1S/C15H25N3O/c1-11(2)9-14(10-17-15(16)19)18-12(3)13-7-5-4-6-8-13/h4-8,11-12,14,18H,9-10H2,1-3H3,(H3,16,17,19). The zero-order valence-corrected chi connectivity index (χ0v) is 12.0. The van der Waals surface area contributed by atoms with Crippen molar-refractivity contribution in [1.82, 2.24) is 10.6 Å². The fourth-order valence-corrected chi connectivity index (χ4v) is 2.19. The van der Waals surface area contributed by atoms with Gasteiger partial charge in [-0.3, -0.25) is 0 Å². The number of nitrogens with one attached hydrogen (secondary N) is 2. The predicted octanol–water partition coefficient (Wildman–Crippen LogP) is 2.42. The average Bonchev–Trinajstić information content (AvgIpc) is 2.36. The van der Waals surface area contributed by atoms with E-state index in [9.17, 15) is 4.79 Å². The molecule has 4 N–H and O–H groups in total. The van der Waals surface area contributed by atoms with Gasteiger partial charge >= 0.3 is 6.03 Å². The van der Waals surface area contributed by atoms with E-state index in [0.29, 0.717) is 12.5 Å². The van der Waals surface area contributed by atoms with Crippen LogP contribution in [0.4, 0.5) is 4.79 Å². The minimum absolute atomic E-state index is 0.225. The molecule has 1 aromatic rings. The highest BCUT2D eigenvalue weighted by atomic mass is 16.2. The van der Waals surface area contributed by atoms with Crippen LogP contribution >= 0.6 is 0 Å². The molecule has 2 unspecified atom stereocenters. The normalized spacial score (nSPS) is 14.1. The second-order valence-corrected chi connectivity index (χ2v) is 5.37. The van der Waals surface area contributed by atoms with Gasteiger partial charge in [-0.25, -0.2) is 4.79 Å². The Morgan fingerprint density at radius 1 is 1.21 bits per heavy atom. The number of carbonyl (C=O) groups is 1. The molecule has 0 aliphatic carbocycles. The number of nitrogens with two attached hydrogens (primary N) is 1. The number of amides is 2. The van der Waals surface area contributed by atoms with E-state index in [0.717, 1.165) is 6.42 Å². The SMILES string of the molecule is CC(C)CC(CNC(N)=O)NC(C)c1ccccc1. The van der Waals surface area contributed by atoms with E-state index < -0.39 is 6.03 Å². The molecule has 0 fully saturated rings. The molecule has 19 heavy (non-hydrogen) atoms. The third-order valence-corrected chi connectivity index (χ3v) is 3.06. The zero-order valence-electron chi connectivity index (χ0n) is 12.0. The fraction of sp³-hybridized carbons (Fsp3) is 0.533. The van der Waals surface area contributed by atoms with Crippen molar-refractivity contribution in [3.8, 4) is 0 Å². The lowest BCUT2D eigenvalue weighted by molar-refractivity contribution is 0.246. The first kappa shape index (κ1) is 15.5. The third-order valence-electron chi connectivity index (χ3n) is 3.06. The molecule has 0 aliphatic rings. The maximum absolute atomic E-state index is 10.8. The van der Waals surface area contributed by atoms with Crippen molar-refractivity contribution in [1.29, 1.82) is 0 Å². The summed E-state index contributed by atoms with van der Waals surface area (Å²) in [7, 11) is 0. The summed E-state index contributed by atoms with van der Waals surface area (Å²) in [6, 6.07) is 10.3. The maximum atomic E-state index is 10.8. The highest BCUT2D eigenvalue weighted by Gasteiger charge is 2.15. The molecule has 0 spiro atoms. The molecular formula is C15H25N3O. The topological polar surface area (TPSA) is 67.1 Å². The third kappa shape index (κ3) is 6.25. The van der Waals surface area contributed by atoms with Gasteiger partial charge in [0.15, 0.2) is 0 Å². The lowest BCUT2D eigenvalue weighted by atomic mass is 10.0. The molecule has 4 nitrogen and oxygen atoms in total. The average molecular weight is 263 g/mol. The van der Waals surface area contributed by atoms with Crippen LogP contribution in [0, 0.1) is 5.92 Å². The monoisotopic (exact) mass is 263 g/mol. The zero-order chi connectivity index (χ0) is 14.3. The van der Waals surface area contributed by atoms with E-state index in [1.807, 2.05) is 18.2 Å². The highest BCUT2D eigenvalue weighted by molar-refractivity contribution is 5.71. The predicted molar refractivity (Wildman–Crippen MR) is 78.8 cm³/mol. The molecule has 0 saturated heterocycles. The van der Waals surface area contributed by atoms with Crippen molar-refractivity contribution in [3.63, 3.8) is 0 Å². The Hall–Kier alpha value is -1.55. The van der Waals surface area contributed by atoms with E-state index in [4.69, 9.17) is 5.73 Å². The summed E-state index contributed by atoms with van der Waals surface area (Å²) in [5.41, 5.74) is 6.38. The lowest BCUT2D eigenvalue weighted by Gasteiger charge is -2.25. The van der Waals surface area contributed by atoms with Crippen LogP contribution in [0.25, 0.3) is 0 Å². The van der Waals surface area contributed by atoms with Crippen molar-refractivity contribution in [2.24, 2.45) is 11.7 Å². The first-order valence-electron chi connectivity index (χ1n) is 6.83. The van der Waals surface area contributed by atoms with Crippen LogP contribution in [0.2, 0.25) is 0 Å². The largest absolute Gasteiger partial charge is 0.352 e. The summed E-state index contributed by atoms with van der Waals surface area (Å²) in [4.78, 5) is 10.8. The smallest absolute Gasteiger partial charge is 0.312 e. The molecule has 0 bridgehead atoms. The summed E-state index contributed by atoms with van der Waals surface area (Å²) in [6.07, 6.45) is 0.997. The Bertz CT molecular complexity index is 378. The molecule has 4 heteroatoms. The van der Waals surface area contributed by atoms with E-state index in [-0.39, 0.29) is 12.1 Å². The van der Waals surface area contributed by atoms with E-state index in [1.165, 1.54) is 5.56 Å². The van der Waals surface area contributed by atoms with Crippen molar-refractivity contribution < 1.29 is 4.79 Å². The Kier molecular flexibility index (Phi) is 6.36. The molecule has 2 amide bonds. The van der Waals surface area contributed by atoms with Crippen LogP contribution < -0.4 is 16.4 Å². The quantitative estimate of drug-likeness (QED) is 0.707. The first-order chi connectivity index (χ1) is 8.99. The molecule has 0 heterocycles. The Balaban J connectivity index is 2.57. The second kappa shape index (κ2) is 7.79. The highest BCUT2D eigenvalue weighted by Crippen LogP contribution is 2.14. The number of carbonyl (C=O) groups excluding carboxylic acids is 1. The molecule has 0 saturated carbocycles. The molecule has 0 radical (unpaired) electrons. The van der Waals surface area contributed by atoms with Crippen molar-refractivity contribution in [3.05, 3.63) is 35.9 Å². The number of primary amides is 1. The molecule has 0 aromatic heterocycles. The summed E-state index contributed by atoms with van der Waals surface area (Å²) < 4.78 is 0. The molecule has 1 rings (SSSR count). The van der Waals surface area contributed by atoms with Gasteiger partial charge in [-0.1, -0.05) is 44.2 Å². The first-order valence-corrected chi connectivity index (χ1v) is 6.83. The molecule has 1 aromatic carbocycles. The van der Waals surface area contributed by atoms with Gasteiger partial charge in [0, 0.05) is 18.6 Å². The van der Waals surface area contributed by atoms with Crippen molar-refractivity contribution in [2.75, 3.05) is 6.54 Å². The lowest BCUT2D eigenvalue weighted by Crippen LogP contribution is -2.44. The van der Waals surface area contributed by atoms with E-state index in [2.05, 4.69) is 43.5 Å². The summed E-state index contributed by atoms with van der Waals surface area (Å²) in [5.74, 6) is 0.565.